The summed E-state index contributed by atoms with van der Waals surface area (Å²) < 4.78 is 28.2. The van der Waals surface area contributed by atoms with Gasteiger partial charge in [-0.2, -0.15) is 17.0 Å². The van der Waals surface area contributed by atoms with Crippen molar-refractivity contribution < 1.29 is 13.2 Å². The lowest BCUT2D eigenvalue weighted by Gasteiger charge is -2.37. The van der Waals surface area contributed by atoms with Crippen molar-refractivity contribution in [1.29, 1.82) is 0 Å². The van der Waals surface area contributed by atoms with Gasteiger partial charge in [0.25, 0.3) is 10.2 Å². The van der Waals surface area contributed by atoms with Gasteiger partial charge in [0.2, 0.25) is 0 Å². The molecule has 0 spiro atoms. The van der Waals surface area contributed by atoms with Gasteiger partial charge >= 0.3 is 0 Å². The van der Waals surface area contributed by atoms with Gasteiger partial charge in [0.15, 0.2) is 0 Å². The van der Waals surface area contributed by atoms with Crippen LogP contribution in [0.5, 0.6) is 0 Å². The quantitative estimate of drug-likeness (QED) is 0.785. The molecule has 2 aliphatic rings. The van der Waals surface area contributed by atoms with E-state index in [9.17, 15) is 13.2 Å². The molecular formula is C13H24N2O3S. The molecule has 2 rings (SSSR count). The van der Waals surface area contributed by atoms with E-state index in [1.807, 2.05) is 0 Å². The number of nitrogens with zero attached hydrogens (tertiary/aromatic N) is 2. The zero-order valence-electron chi connectivity index (χ0n) is 11.8. The molecule has 0 aromatic carbocycles. The van der Waals surface area contributed by atoms with Crippen LogP contribution < -0.4 is 0 Å². The third-order valence-corrected chi connectivity index (χ3v) is 6.36. The summed E-state index contributed by atoms with van der Waals surface area (Å²) in [4.78, 5) is 11.5. The highest BCUT2D eigenvalue weighted by molar-refractivity contribution is 7.86. The van der Waals surface area contributed by atoms with Gasteiger partial charge in [0.05, 0.1) is 0 Å². The van der Waals surface area contributed by atoms with Crippen LogP contribution in [0.2, 0.25) is 0 Å². The van der Waals surface area contributed by atoms with Crippen LogP contribution in [-0.4, -0.2) is 49.0 Å². The molecule has 6 heteroatoms. The predicted octanol–water partition coefficient (Wildman–Crippen LogP) is 1.26. The maximum Gasteiger partial charge on any atom is 0.281 e. The van der Waals surface area contributed by atoms with Crippen LogP contribution in [0, 0.1) is 11.8 Å². The number of Topliss-reactive ketones (excluding diaryl/α,β-unsaturated/α-hetero) is 1. The summed E-state index contributed by atoms with van der Waals surface area (Å²) in [5.74, 6) is 0.595. The van der Waals surface area contributed by atoms with Gasteiger partial charge in [-0.3, -0.25) is 4.79 Å². The Morgan fingerprint density at radius 2 is 1.68 bits per heavy atom. The van der Waals surface area contributed by atoms with E-state index in [1.165, 1.54) is 4.31 Å². The second kappa shape index (κ2) is 5.89. The standard InChI is InChI=1S/C13H24N2O3S/c1-11-5-8-14(9-6-11)19(17,18)15-7-3-4-13(10-15)12(2)16/h11,13H,3-10H2,1-2H3. The lowest BCUT2D eigenvalue weighted by molar-refractivity contribution is -0.121. The lowest BCUT2D eigenvalue weighted by atomic mass is 9.96. The molecule has 2 aliphatic heterocycles. The maximum absolute atomic E-state index is 12.6. The molecule has 2 heterocycles. The fourth-order valence-corrected chi connectivity index (χ4v) is 4.59. The van der Waals surface area contributed by atoms with Gasteiger partial charge in [0, 0.05) is 32.1 Å². The summed E-state index contributed by atoms with van der Waals surface area (Å²) in [5, 5.41) is 0. The first kappa shape index (κ1) is 14.9. The Labute approximate surface area is 116 Å². The average molecular weight is 288 g/mol. The van der Waals surface area contributed by atoms with Crippen molar-refractivity contribution in [2.75, 3.05) is 26.2 Å². The van der Waals surface area contributed by atoms with E-state index in [4.69, 9.17) is 0 Å². The predicted molar refractivity (Wildman–Crippen MR) is 73.9 cm³/mol. The van der Waals surface area contributed by atoms with E-state index in [0.29, 0.717) is 32.1 Å². The molecule has 110 valence electrons. The number of ketones is 1. The maximum atomic E-state index is 12.6. The van der Waals surface area contributed by atoms with Gasteiger partial charge in [-0.25, -0.2) is 0 Å². The van der Waals surface area contributed by atoms with Crippen LogP contribution in [0.4, 0.5) is 0 Å². The van der Waals surface area contributed by atoms with Crippen LogP contribution in [0.25, 0.3) is 0 Å². The van der Waals surface area contributed by atoms with E-state index < -0.39 is 10.2 Å². The molecule has 0 aromatic heterocycles. The Hall–Kier alpha value is -0.460. The summed E-state index contributed by atoms with van der Waals surface area (Å²) in [6.45, 7) is 5.87. The third kappa shape index (κ3) is 3.35. The van der Waals surface area contributed by atoms with Gasteiger partial charge < -0.3 is 0 Å². The lowest BCUT2D eigenvalue weighted by Crippen LogP contribution is -2.50. The van der Waals surface area contributed by atoms with E-state index in [1.54, 1.807) is 11.2 Å². The summed E-state index contributed by atoms with van der Waals surface area (Å²) in [5.41, 5.74) is 0. The molecule has 0 aliphatic carbocycles. The Bertz CT molecular complexity index is 427. The number of piperidine rings is 2. The van der Waals surface area contributed by atoms with Gasteiger partial charge in [0.1, 0.15) is 5.78 Å². The molecule has 2 fully saturated rings. The molecular weight excluding hydrogens is 264 g/mol. The minimum atomic E-state index is -3.36. The van der Waals surface area contributed by atoms with Crippen molar-refractivity contribution in [3.63, 3.8) is 0 Å². The Kier molecular flexibility index (Phi) is 4.63. The zero-order chi connectivity index (χ0) is 14.0. The van der Waals surface area contributed by atoms with Crippen LogP contribution in [-0.2, 0) is 15.0 Å². The molecule has 0 saturated carbocycles. The molecule has 0 bridgehead atoms. The van der Waals surface area contributed by atoms with Gasteiger partial charge in [-0.1, -0.05) is 6.92 Å². The first-order chi connectivity index (χ1) is 8.91. The largest absolute Gasteiger partial charge is 0.300 e. The highest BCUT2D eigenvalue weighted by Crippen LogP contribution is 2.25. The number of hydrogen-bond acceptors (Lipinski definition) is 3. The van der Waals surface area contributed by atoms with E-state index in [-0.39, 0.29) is 11.7 Å². The van der Waals surface area contributed by atoms with Crippen LogP contribution in [0.1, 0.15) is 39.5 Å². The normalized spacial score (nSPS) is 28.4. The minimum absolute atomic E-state index is 0.104. The fraction of sp³-hybridized carbons (Fsp3) is 0.923. The monoisotopic (exact) mass is 288 g/mol. The average Bonchev–Trinajstić information content (AvgIpc) is 2.39. The van der Waals surface area contributed by atoms with E-state index >= 15 is 0 Å². The molecule has 2 saturated heterocycles. The summed E-state index contributed by atoms with van der Waals surface area (Å²) >= 11 is 0. The van der Waals surface area contributed by atoms with E-state index in [2.05, 4.69) is 6.92 Å². The Morgan fingerprint density at radius 1 is 1.05 bits per heavy atom. The highest BCUT2D eigenvalue weighted by atomic mass is 32.2. The topological polar surface area (TPSA) is 57.7 Å². The highest BCUT2D eigenvalue weighted by Gasteiger charge is 2.35. The van der Waals surface area contributed by atoms with Crippen molar-refractivity contribution in [3.05, 3.63) is 0 Å². The smallest absolute Gasteiger partial charge is 0.281 e. The molecule has 1 unspecified atom stereocenters. The van der Waals surface area contributed by atoms with Crippen LogP contribution in [0.3, 0.4) is 0 Å². The fourth-order valence-electron chi connectivity index (χ4n) is 2.86. The second-order valence-electron chi connectivity index (χ2n) is 5.90. The van der Waals surface area contributed by atoms with Crippen molar-refractivity contribution in [1.82, 2.24) is 8.61 Å². The van der Waals surface area contributed by atoms with Crippen LogP contribution >= 0.6 is 0 Å². The number of carbonyl (C=O) groups excluding carboxylic acids is 1. The SMILES string of the molecule is CC(=O)C1CCCN(S(=O)(=O)N2CCC(C)CC2)C1. The van der Waals surface area contributed by atoms with Crippen molar-refractivity contribution in [3.8, 4) is 0 Å². The summed E-state index contributed by atoms with van der Waals surface area (Å²) in [6.07, 6.45) is 3.47. The Morgan fingerprint density at radius 3 is 2.26 bits per heavy atom. The number of rotatable bonds is 3. The summed E-state index contributed by atoms with van der Waals surface area (Å²) in [7, 11) is -3.36. The molecule has 19 heavy (non-hydrogen) atoms. The second-order valence-corrected chi connectivity index (χ2v) is 7.83. The van der Waals surface area contributed by atoms with Crippen molar-refractivity contribution in [2.24, 2.45) is 11.8 Å². The number of hydrogen-bond donors (Lipinski definition) is 0. The first-order valence-corrected chi connectivity index (χ1v) is 8.56. The molecule has 5 nitrogen and oxygen atoms in total. The molecule has 0 amide bonds. The molecule has 0 radical (unpaired) electrons. The van der Waals surface area contributed by atoms with Gasteiger partial charge in [-0.15, -0.1) is 0 Å². The van der Waals surface area contributed by atoms with Gasteiger partial charge in [-0.05, 0) is 38.5 Å². The molecule has 0 aromatic rings. The minimum Gasteiger partial charge on any atom is -0.300 e. The Balaban J connectivity index is 2.04. The third-order valence-electron chi connectivity index (χ3n) is 4.35. The van der Waals surface area contributed by atoms with E-state index in [0.717, 1.165) is 25.7 Å². The van der Waals surface area contributed by atoms with Crippen LogP contribution in [0.15, 0.2) is 0 Å². The zero-order valence-corrected chi connectivity index (χ0v) is 12.7. The molecule has 1 atom stereocenters. The number of carbonyl (C=O) groups is 1. The first-order valence-electron chi connectivity index (χ1n) is 7.17. The molecule has 0 N–H and O–H groups in total. The summed E-state index contributed by atoms with van der Waals surface area (Å²) in [6, 6.07) is 0. The van der Waals surface area contributed by atoms with Crippen molar-refractivity contribution >= 4 is 16.0 Å². The van der Waals surface area contributed by atoms with Crippen molar-refractivity contribution in [2.45, 2.75) is 39.5 Å².